The number of nitrogens with zero attached hydrogens (tertiary/aromatic N) is 1. The van der Waals surface area contributed by atoms with E-state index in [-0.39, 0.29) is 11.3 Å². The smallest absolute Gasteiger partial charge is 0.331 e. The molecule has 5 atom stereocenters. The summed E-state index contributed by atoms with van der Waals surface area (Å²) in [5, 5.41) is 31.3. The topological polar surface area (TPSA) is 90.1 Å². The Bertz CT molecular complexity index is 627. The van der Waals surface area contributed by atoms with Crippen molar-refractivity contribution < 1.29 is 20.1 Å². The highest BCUT2D eigenvalue weighted by Crippen LogP contribution is 2.61. The van der Waals surface area contributed by atoms with Crippen LogP contribution in [-0.2, 0) is 4.79 Å². The summed E-state index contributed by atoms with van der Waals surface area (Å²) in [5.41, 5.74) is -0.449. The highest BCUT2D eigenvalue weighted by atomic mass is 16.4. The van der Waals surface area contributed by atoms with Gasteiger partial charge in [0, 0.05) is 5.71 Å². The first kappa shape index (κ1) is 28.3. The van der Waals surface area contributed by atoms with E-state index in [0.717, 1.165) is 25.7 Å². The predicted octanol–water partition coefficient (Wildman–Crippen LogP) is 6.54. The number of aliphatic hydroxyl groups is 2. The lowest BCUT2D eigenvalue weighted by Crippen LogP contribution is -2.65. The largest absolute Gasteiger partial charge is 0.480 e. The Morgan fingerprint density at radius 3 is 1.85 bits per heavy atom. The number of rotatable bonds is 17. The van der Waals surface area contributed by atoms with Crippen LogP contribution in [0.25, 0.3) is 0 Å². The number of hydrogen-bond donors (Lipinski definition) is 3. The van der Waals surface area contributed by atoms with E-state index in [1.807, 2.05) is 0 Å². The fraction of sp³-hybridized carbons (Fsp3) is 0.929. The number of carboxylic acid groups (broad SMARTS) is 1. The maximum absolute atomic E-state index is 11.8. The predicted molar refractivity (Wildman–Crippen MR) is 136 cm³/mol. The highest BCUT2D eigenvalue weighted by Gasteiger charge is 2.61. The van der Waals surface area contributed by atoms with E-state index in [1.165, 1.54) is 64.2 Å². The molecule has 5 heteroatoms. The van der Waals surface area contributed by atoms with E-state index >= 15 is 0 Å². The van der Waals surface area contributed by atoms with Crippen LogP contribution in [0.2, 0.25) is 0 Å². The molecule has 0 saturated heterocycles. The van der Waals surface area contributed by atoms with Gasteiger partial charge in [-0.2, -0.15) is 0 Å². The van der Waals surface area contributed by atoms with Crippen LogP contribution in [0.15, 0.2) is 4.99 Å². The normalized spacial score (nSPS) is 29.0. The van der Waals surface area contributed by atoms with Crippen LogP contribution >= 0.6 is 0 Å². The molecule has 0 heterocycles. The molecule has 33 heavy (non-hydrogen) atoms. The standard InChI is InChI=1S/C28H51NO4/c1-5-6-7-8-9-10-11-12-13-14-15-16-17-18-22(30)25(26(31)32)29-24-20-21-19-23(27(21,2)3)28(24,4)33/h21-23,25,30,33H,5-20H2,1-4H3,(H,31,32)/t21-,22?,23-,25?,28-/m0/s1. The van der Waals surface area contributed by atoms with E-state index in [2.05, 4.69) is 25.8 Å². The Morgan fingerprint density at radius 1 is 0.939 bits per heavy atom. The lowest BCUT2D eigenvalue weighted by atomic mass is 9.44. The van der Waals surface area contributed by atoms with E-state index in [9.17, 15) is 20.1 Å². The average Bonchev–Trinajstić information content (AvgIpc) is 2.74. The van der Waals surface area contributed by atoms with Crippen molar-refractivity contribution in [2.24, 2.45) is 22.2 Å². The van der Waals surface area contributed by atoms with Crippen molar-refractivity contribution in [3.05, 3.63) is 0 Å². The molecule has 3 saturated carbocycles. The molecular weight excluding hydrogens is 414 g/mol. The van der Waals surface area contributed by atoms with Crippen molar-refractivity contribution in [1.29, 1.82) is 0 Å². The van der Waals surface area contributed by atoms with Gasteiger partial charge in [-0.05, 0) is 43.4 Å². The van der Waals surface area contributed by atoms with E-state index < -0.39 is 23.7 Å². The Labute approximate surface area is 202 Å². The zero-order valence-corrected chi connectivity index (χ0v) is 21.8. The number of aliphatic imine (C=N–C) groups is 1. The minimum absolute atomic E-state index is 0.0640. The Hall–Kier alpha value is -0.940. The number of carboxylic acids is 1. The molecule has 2 unspecified atom stereocenters. The summed E-state index contributed by atoms with van der Waals surface area (Å²) in [4.78, 5) is 16.3. The summed E-state index contributed by atoms with van der Waals surface area (Å²) in [6, 6.07) is -1.18. The molecule has 3 aliphatic carbocycles. The Kier molecular flexibility index (Phi) is 11.3. The molecule has 3 fully saturated rings. The molecule has 0 aromatic heterocycles. The first-order chi connectivity index (χ1) is 15.6. The van der Waals surface area contributed by atoms with Gasteiger partial charge in [-0.3, -0.25) is 4.99 Å². The lowest BCUT2D eigenvalue weighted by Gasteiger charge is -2.62. The Morgan fingerprint density at radius 2 is 1.42 bits per heavy atom. The second kappa shape index (κ2) is 13.2. The van der Waals surface area contributed by atoms with Crippen LogP contribution in [0.5, 0.6) is 0 Å². The van der Waals surface area contributed by atoms with Crippen LogP contribution in [0.1, 0.15) is 130 Å². The maximum Gasteiger partial charge on any atom is 0.331 e. The molecule has 0 radical (unpaired) electrons. The molecule has 192 valence electrons. The van der Waals surface area contributed by atoms with Gasteiger partial charge >= 0.3 is 5.97 Å². The molecule has 0 aromatic carbocycles. The van der Waals surface area contributed by atoms with E-state index in [4.69, 9.17) is 0 Å². The number of unbranched alkanes of at least 4 members (excludes halogenated alkanes) is 12. The highest BCUT2D eigenvalue weighted by molar-refractivity contribution is 5.96. The number of hydrogen-bond acceptors (Lipinski definition) is 4. The molecule has 3 N–H and O–H groups in total. The van der Waals surface area contributed by atoms with E-state index in [1.54, 1.807) is 6.92 Å². The number of carbonyl (C=O) groups is 1. The van der Waals surface area contributed by atoms with Crippen molar-refractivity contribution in [3.8, 4) is 0 Å². The summed E-state index contributed by atoms with van der Waals surface area (Å²) in [5.74, 6) is -0.553. The second-order valence-electron chi connectivity index (χ2n) is 11.6. The average molecular weight is 466 g/mol. The molecule has 3 aliphatic rings. The molecule has 0 aliphatic heterocycles. The fourth-order valence-corrected chi connectivity index (χ4v) is 6.14. The third-order valence-electron chi connectivity index (χ3n) is 8.69. The first-order valence-corrected chi connectivity index (χ1v) is 13.8. The van der Waals surface area contributed by atoms with Crippen LogP contribution in [0, 0.1) is 17.3 Å². The zero-order chi connectivity index (χ0) is 24.5. The van der Waals surface area contributed by atoms with Gasteiger partial charge in [0.2, 0.25) is 0 Å². The Balaban J connectivity index is 1.64. The quantitative estimate of drug-likeness (QED) is 0.213. The van der Waals surface area contributed by atoms with Crippen molar-refractivity contribution in [2.45, 2.75) is 148 Å². The second-order valence-corrected chi connectivity index (χ2v) is 11.6. The first-order valence-electron chi connectivity index (χ1n) is 13.8. The van der Waals surface area contributed by atoms with Crippen molar-refractivity contribution in [3.63, 3.8) is 0 Å². The van der Waals surface area contributed by atoms with Gasteiger partial charge < -0.3 is 15.3 Å². The summed E-state index contributed by atoms with van der Waals surface area (Å²) >= 11 is 0. The molecule has 5 nitrogen and oxygen atoms in total. The van der Waals surface area contributed by atoms with Crippen molar-refractivity contribution >= 4 is 11.7 Å². The minimum atomic E-state index is -1.18. The van der Waals surface area contributed by atoms with Crippen molar-refractivity contribution in [1.82, 2.24) is 0 Å². The van der Waals surface area contributed by atoms with Gasteiger partial charge in [0.05, 0.1) is 6.10 Å². The monoisotopic (exact) mass is 465 g/mol. The van der Waals surface area contributed by atoms with Gasteiger partial charge in [0.25, 0.3) is 0 Å². The lowest BCUT2D eigenvalue weighted by molar-refractivity contribution is -0.142. The molecular formula is C28H51NO4. The molecule has 2 bridgehead atoms. The SMILES string of the molecule is CCCCCCCCCCCCCCCC(O)C(N=C1C[C@@H]2C[C@@H](C2(C)C)[C@]1(C)O)C(=O)O. The van der Waals surface area contributed by atoms with Gasteiger partial charge in [-0.25, -0.2) is 4.79 Å². The summed E-state index contributed by atoms with van der Waals surface area (Å²) in [6.45, 7) is 8.38. The number of aliphatic carboxylic acids is 1. The summed E-state index contributed by atoms with van der Waals surface area (Å²) in [7, 11) is 0. The third-order valence-corrected chi connectivity index (χ3v) is 8.69. The van der Waals surface area contributed by atoms with Crippen LogP contribution in [-0.4, -0.2) is 44.7 Å². The van der Waals surface area contributed by atoms with Crippen LogP contribution in [0.3, 0.4) is 0 Å². The fourth-order valence-electron chi connectivity index (χ4n) is 6.14. The molecule has 0 amide bonds. The number of fused-ring (bicyclic) bond motifs is 2. The zero-order valence-electron chi connectivity index (χ0n) is 21.8. The molecule has 0 spiro atoms. The molecule has 0 aromatic rings. The van der Waals surface area contributed by atoms with Gasteiger partial charge in [-0.15, -0.1) is 0 Å². The van der Waals surface area contributed by atoms with Crippen LogP contribution < -0.4 is 0 Å². The van der Waals surface area contributed by atoms with Crippen molar-refractivity contribution in [2.75, 3.05) is 0 Å². The van der Waals surface area contributed by atoms with Gasteiger partial charge in [-0.1, -0.05) is 104 Å². The maximum atomic E-state index is 11.8. The third kappa shape index (κ3) is 7.78. The van der Waals surface area contributed by atoms with Gasteiger partial charge in [0.1, 0.15) is 5.60 Å². The van der Waals surface area contributed by atoms with E-state index in [0.29, 0.717) is 24.5 Å². The minimum Gasteiger partial charge on any atom is -0.480 e. The summed E-state index contributed by atoms with van der Waals surface area (Å²) < 4.78 is 0. The number of aliphatic hydroxyl groups excluding tert-OH is 1. The van der Waals surface area contributed by atoms with Gasteiger partial charge in [0.15, 0.2) is 6.04 Å². The summed E-state index contributed by atoms with van der Waals surface area (Å²) in [6.07, 6.45) is 17.4. The van der Waals surface area contributed by atoms with Crippen LogP contribution in [0.4, 0.5) is 0 Å². The molecule has 3 rings (SSSR count).